The molecule has 0 aromatic heterocycles. The molecule has 0 bridgehead atoms. The van der Waals surface area contributed by atoms with E-state index < -0.39 is 5.82 Å². The molecule has 2 aromatic carbocycles. The van der Waals surface area contributed by atoms with Crippen molar-refractivity contribution in [3.05, 3.63) is 68.9 Å². The molecule has 0 spiro atoms. The average Bonchev–Trinajstić information content (AvgIpc) is 2.44. The maximum atomic E-state index is 13.4. The summed E-state index contributed by atoms with van der Waals surface area (Å²) in [6.45, 7) is 4.17. The molecule has 0 radical (unpaired) electrons. The third kappa shape index (κ3) is 3.15. The lowest BCUT2D eigenvalue weighted by molar-refractivity contribution is 0.103. The summed E-state index contributed by atoms with van der Waals surface area (Å²) >= 11 is 3.21. The molecule has 0 aliphatic rings. The smallest absolute Gasteiger partial charge is 0.193 e. The van der Waals surface area contributed by atoms with Crippen LogP contribution in [-0.4, -0.2) is 5.78 Å². The molecule has 0 fully saturated rings. The van der Waals surface area contributed by atoms with Crippen molar-refractivity contribution in [1.29, 1.82) is 0 Å². The van der Waals surface area contributed by atoms with Crippen LogP contribution in [0.3, 0.4) is 0 Å². The Balaban J connectivity index is 2.42. The number of hydrogen-bond donors (Lipinski definition) is 0. The van der Waals surface area contributed by atoms with Crippen LogP contribution in [0.15, 0.2) is 40.9 Å². The fraction of sp³-hybridized carbons (Fsp3) is 0.235. The Morgan fingerprint density at radius 3 is 2.30 bits per heavy atom. The van der Waals surface area contributed by atoms with E-state index in [4.69, 9.17) is 0 Å². The van der Waals surface area contributed by atoms with E-state index in [-0.39, 0.29) is 5.78 Å². The zero-order valence-corrected chi connectivity index (χ0v) is 13.1. The van der Waals surface area contributed by atoms with Crippen LogP contribution in [0.1, 0.15) is 40.9 Å². The molecular weight excluding hydrogens is 319 g/mol. The second kappa shape index (κ2) is 6.31. The Morgan fingerprint density at radius 1 is 1.00 bits per heavy atom. The molecule has 2 aromatic rings. The minimum Gasteiger partial charge on any atom is -0.289 e. The molecule has 0 aliphatic heterocycles. The number of ketones is 1. The summed E-state index contributed by atoms with van der Waals surface area (Å²) in [5, 5.41) is 0. The minimum atomic E-state index is -0.413. The molecule has 0 saturated carbocycles. The number of hydrogen-bond acceptors (Lipinski definition) is 1. The molecule has 0 N–H and O–H groups in total. The van der Waals surface area contributed by atoms with Gasteiger partial charge in [-0.25, -0.2) is 4.39 Å². The summed E-state index contributed by atoms with van der Waals surface area (Å²) in [6.07, 6.45) is 1.83. The van der Waals surface area contributed by atoms with Crippen LogP contribution in [0.25, 0.3) is 0 Å². The van der Waals surface area contributed by atoms with E-state index in [9.17, 15) is 9.18 Å². The Kier molecular flexibility index (Phi) is 4.71. The van der Waals surface area contributed by atoms with Crippen molar-refractivity contribution in [2.24, 2.45) is 0 Å². The van der Waals surface area contributed by atoms with Gasteiger partial charge in [-0.05, 0) is 48.2 Å². The molecule has 104 valence electrons. The van der Waals surface area contributed by atoms with Crippen molar-refractivity contribution >= 4 is 21.7 Å². The van der Waals surface area contributed by atoms with Crippen LogP contribution in [0.5, 0.6) is 0 Å². The standard InChI is InChI=1S/C17H16BrFO/c1-3-11-5-6-13(7-12(11)4-2)17(20)14-8-15(18)10-16(19)9-14/h5-10H,3-4H2,1-2H3. The molecule has 0 heterocycles. The first kappa shape index (κ1) is 14.9. The summed E-state index contributed by atoms with van der Waals surface area (Å²) in [5.41, 5.74) is 3.40. The fourth-order valence-corrected chi connectivity index (χ4v) is 2.76. The zero-order valence-electron chi connectivity index (χ0n) is 11.5. The normalized spacial score (nSPS) is 10.6. The highest BCUT2D eigenvalue weighted by Crippen LogP contribution is 2.20. The third-order valence-corrected chi connectivity index (χ3v) is 3.81. The van der Waals surface area contributed by atoms with Crippen LogP contribution >= 0.6 is 15.9 Å². The van der Waals surface area contributed by atoms with E-state index in [0.29, 0.717) is 15.6 Å². The second-order valence-electron chi connectivity index (χ2n) is 4.68. The second-order valence-corrected chi connectivity index (χ2v) is 5.59. The van der Waals surface area contributed by atoms with E-state index in [2.05, 4.69) is 29.8 Å². The van der Waals surface area contributed by atoms with Crippen LogP contribution in [-0.2, 0) is 12.8 Å². The van der Waals surface area contributed by atoms with Crippen molar-refractivity contribution < 1.29 is 9.18 Å². The van der Waals surface area contributed by atoms with Gasteiger partial charge in [0, 0.05) is 15.6 Å². The quantitative estimate of drug-likeness (QED) is 0.723. The number of carbonyl (C=O) groups is 1. The van der Waals surface area contributed by atoms with Crippen molar-refractivity contribution in [2.75, 3.05) is 0 Å². The van der Waals surface area contributed by atoms with Gasteiger partial charge in [-0.1, -0.05) is 41.9 Å². The van der Waals surface area contributed by atoms with E-state index in [1.807, 2.05) is 18.2 Å². The molecular formula is C17H16BrFO. The van der Waals surface area contributed by atoms with Crippen molar-refractivity contribution in [1.82, 2.24) is 0 Å². The zero-order chi connectivity index (χ0) is 14.7. The first-order chi connectivity index (χ1) is 9.55. The summed E-state index contributed by atoms with van der Waals surface area (Å²) < 4.78 is 14.0. The van der Waals surface area contributed by atoms with E-state index in [1.165, 1.54) is 23.3 Å². The molecule has 0 saturated heterocycles. The average molecular weight is 335 g/mol. The molecule has 3 heteroatoms. The Morgan fingerprint density at radius 2 is 1.70 bits per heavy atom. The van der Waals surface area contributed by atoms with Crippen LogP contribution in [0, 0.1) is 5.82 Å². The number of carbonyl (C=O) groups excluding carboxylic acids is 1. The summed E-state index contributed by atoms with van der Waals surface area (Å²) in [6, 6.07) is 9.98. The maximum Gasteiger partial charge on any atom is 0.193 e. The van der Waals surface area contributed by atoms with Gasteiger partial charge in [0.25, 0.3) is 0 Å². The first-order valence-electron chi connectivity index (χ1n) is 6.67. The highest BCUT2D eigenvalue weighted by molar-refractivity contribution is 9.10. The fourth-order valence-electron chi connectivity index (χ4n) is 2.29. The van der Waals surface area contributed by atoms with Crippen LogP contribution < -0.4 is 0 Å². The van der Waals surface area contributed by atoms with E-state index >= 15 is 0 Å². The van der Waals surface area contributed by atoms with Gasteiger partial charge < -0.3 is 0 Å². The topological polar surface area (TPSA) is 17.1 Å². The predicted octanol–water partition coefficient (Wildman–Crippen LogP) is 4.94. The lowest BCUT2D eigenvalue weighted by Crippen LogP contribution is -2.04. The highest BCUT2D eigenvalue weighted by atomic mass is 79.9. The highest BCUT2D eigenvalue weighted by Gasteiger charge is 2.12. The molecule has 1 nitrogen and oxygen atoms in total. The van der Waals surface area contributed by atoms with Gasteiger partial charge in [-0.2, -0.15) is 0 Å². The number of rotatable bonds is 4. The number of benzene rings is 2. The van der Waals surface area contributed by atoms with Gasteiger partial charge in [-0.15, -0.1) is 0 Å². The van der Waals surface area contributed by atoms with Gasteiger partial charge in [0.1, 0.15) is 5.82 Å². The van der Waals surface area contributed by atoms with E-state index in [0.717, 1.165) is 12.8 Å². The summed E-state index contributed by atoms with van der Waals surface area (Å²) in [7, 11) is 0. The Hall–Kier alpha value is -1.48. The van der Waals surface area contributed by atoms with E-state index in [1.54, 1.807) is 6.07 Å². The first-order valence-corrected chi connectivity index (χ1v) is 7.47. The molecule has 0 aliphatic carbocycles. The van der Waals surface area contributed by atoms with Crippen LogP contribution in [0.2, 0.25) is 0 Å². The molecule has 0 atom stereocenters. The monoisotopic (exact) mass is 334 g/mol. The summed E-state index contributed by atoms with van der Waals surface area (Å²) in [5.74, 6) is -0.564. The largest absolute Gasteiger partial charge is 0.289 e. The SMILES string of the molecule is CCc1ccc(C(=O)c2cc(F)cc(Br)c2)cc1CC. The van der Waals surface area contributed by atoms with Gasteiger partial charge in [0.15, 0.2) is 5.78 Å². The number of halogens is 2. The van der Waals surface area contributed by atoms with Gasteiger partial charge >= 0.3 is 0 Å². The maximum absolute atomic E-state index is 13.4. The predicted molar refractivity (Wildman–Crippen MR) is 82.7 cm³/mol. The Labute approximate surface area is 127 Å². The Bertz CT molecular complexity index is 629. The molecule has 0 unspecified atom stereocenters. The molecule has 20 heavy (non-hydrogen) atoms. The van der Waals surface area contributed by atoms with Crippen molar-refractivity contribution in [2.45, 2.75) is 26.7 Å². The van der Waals surface area contributed by atoms with Gasteiger partial charge in [-0.3, -0.25) is 4.79 Å². The molecule has 0 amide bonds. The van der Waals surface area contributed by atoms with Gasteiger partial charge in [0.05, 0.1) is 0 Å². The van der Waals surface area contributed by atoms with Gasteiger partial charge in [0.2, 0.25) is 0 Å². The molecule has 2 rings (SSSR count). The van der Waals surface area contributed by atoms with Crippen molar-refractivity contribution in [3.8, 4) is 0 Å². The lowest BCUT2D eigenvalue weighted by Gasteiger charge is -2.09. The lowest BCUT2D eigenvalue weighted by atomic mass is 9.96. The van der Waals surface area contributed by atoms with Crippen LogP contribution in [0.4, 0.5) is 4.39 Å². The summed E-state index contributed by atoms with van der Waals surface area (Å²) in [4.78, 5) is 12.4. The minimum absolute atomic E-state index is 0.150. The van der Waals surface area contributed by atoms with Crippen molar-refractivity contribution in [3.63, 3.8) is 0 Å². The third-order valence-electron chi connectivity index (χ3n) is 3.36. The number of aryl methyl sites for hydroxylation is 2.